The molecule has 30 heteroatoms. The number of alkyl carbamates (subject to hydrolysis) is 4. The standard InChI is InChI=1S/C38H47N5O4S2.C24H31NO2.C23H25N3O2S.C23H30N2O2.4CH4.I3.I2.HI/c1-26(2)35(42-37(45)43(5)22-32-24-48-36(40-32)27(3)4)34(44)20-30(18-28-12-8-6-9-13-28)16-17-31(19-29-14-10-7-11-15-29)41-38(46)47-23-33-21-39-25-49-33;1-19(17-20-11-7-5-8-12-20)15-16-22(18-21-13-9-6-10-14-21)25-23(26)27-24(2,3)4;24-20(13-18-7-3-1-4-8-18)11-12-21(14-19-9-5-2-6-10-19)26-23(27)28-16-22-15-25-17-29-22;1-23(2,3)27-22(26)25-21(17-19-12-8-5-9-13-19)15-14-20(24)16-18-10-6-4-7-11-18;;;;;1-3-2;1-2;/h6-17,21,24-27,30-31,35H,18-20,22-23H2,1-5H3,(H,41,46)(H,42,45);5-16,19,22H,17-18H2,1-4H3,(H,25,26);1-12,15,17,20-21H,13-14,16,24H2,(H,26,27);4-15,20-21H,16-17,24H2,1-3H3,(H,25,26);4*1H4;;;1H/q;;;;;;;;-1;;/b17-16+;16-15+;12-11+;15-14+;;;;;;;/t30-,31-,35+;19-,22-;2*20-,21-;;;;;;;/m1111......./s1. The molecule has 142 heavy (non-hydrogen) atoms. The number of hydrogen-bond donors (Lipinski definition) is 7. The van der Waals surface area contributed by atoms with Gasteiger partial charge in [0.15, 0.2) is 5.78 Å². The number of rotatable bonds is 40. The van der Waals surface area contributed by atoms with Crippen LogP contribution in [0.1, 0.15) is 183 Å². The largest absolute Gasteiger partial charge is 0.444 e. The van der Waals surface area contributed by atoms with Crippen molar-refractivity contribution in [1.29, 1.82) is 0 Å². The van der Waals surface area contributed by atoms with Crippen molar-refractivity contribution in [2.24, 2.45) is 29.2 Å². The zero-order valence-corrected chi connectivity index (χ0v) is 96.1. The van der Waals surface area contributed by atoms with Crippen LogP contribution in [0.15, 0.2) is 320 Å². The van der Waals surface area contributed by atoms with Crippen molar-refractivity contribution in [2.45, 2.75) is 243 Å². The monoisotopic (exact) mass is 2670 g/mol. The van der Waals surface area contributed by atoms with E-state index in [9.17, 15) is 28.8 Å². The first-order chi connectivity index (χ1) is 65.8. The van der Waals surface area contributed by atoms with Crippen LogP contribution in [0.2, 0.25) is 0 Å². The number of thiazole rings is 3. The molecule has 0 aliphatic rings. The number of halogens is 6. The van der Waals surface area contributed by atoms with Crippen molar-refractivity contribution < 1.29 is 61.0 Å². The first kappa shape index (κ1) is 132. The summed E-state index contributed by atoms with van der Waals surface area (Å²) in [6.07, 6.45) is 23.6. The number of ether oxygens (including phenoxy) is 4. The van der Waals surface area contributed by atoms with Crippen LogP contribution in [0.5, 0.6) is 0 Å². The topological polar surface area (TPSA) is 293 Å². The van der Waals surface area contributed by atoms with E-state index in [4.69, 9.17) is 30.4 Å². The summed E-state index contributed by atoms with van der Waals surface area (Å²) in [4.78, 5) is 92.7. The predicted molar refractivity (Wildman–Crippen MR) is 634 cm³/mol. The van der Waals surface area contributed by atoms with Gasteiger partial charge < -0.3 is 61.9 Å². The van der Waals surface area contributed by atoms with Crippen LogP contribution >= 0.6 is 132 Å². The second-order valence-electron chi connectivity index (χ2n) is 35.3. The van der Waals surface area contributed by atoms with E-state index in [0.29, 0.717) is 57.3 Å². The Hall–Kier alpha value is -8.07. The fraction of sp³-hybridized carbons (Fsp3) is 0.366. The summed E-state index contributed by atoms with van der Waals surface area (Å²) in [5.41, 5.74) is 25.0. The summed E-state index contributed by atoms with van der Waals surface area (Å²) >= 11 is 14.0. The maximum absolute atomic E-state index is 13.9. The van der Waals surface area contributed by atoms with Gasteiger partial charge in [0.1, 0.15) is 24.4 Å². The number of amides is 6. The SMILES string of the molecule is C.C.C.C.CC(C)(C)OC(=O)N[C@H](/C=C/[C@@H](N)Cc1ccccc1)Cc1ccccc1.CC(C)c1nc(CN(C)C(=O)N[C@H](C(=O)C[C@H](/C=C/[C@H](Cc2ccccc2)NC(=O)OCc2cncs2)Cc2ccccc2)C(C)C)cs1.C[C@H](/C=C/[C@H](Cc1ccccc1)NC(=O)OC(C)(C)C)Cc1ccccc1.I.II.I[I-]I.N[C@H](/C=C/[C@H](Cc1ccccc1)NC(=O)OCc1cncs1)Cc1ccccc1. The predicted octanol–water partition coefficient (Wildman–Crippen LogP) is 25.4. The van der Waals surface area contributed by atoms with Crippen LogP contribution < -0.4 is 51.3 Å². The zero-order valence-electron chi connectivity index (χ0n) is 80.5. The van der Waals surface area contributed by atoms with Gasteiger partial charge in [0, 0.05) is 86.5 Å². The summed E-state index contributed by atoms with van der Waals surface area (Å²) in [5, 5.41) is 17.9. The number of nitrogens with zero attached hydrogens (tertiary/aromatic N) is 4. The molecule has 9 N–H and O–H groups in total. The van der Waals surface area contributed by atoms with Crippen LogP contribution in [0.3, 0.4) is 0 Å². The molecule has 8 aromatic carbocycles. The van der Waals surface area contributed by atoms with Crippen LogP contribution in [0.4, 0.5) is 24.0 Å². The van der Waals surface area contributed by atoms with Crippen LogP contribution in [-0.4, -0.2) is 117 Å². The number of allylic oxidation sites excluding steroid dienone is 2. The fourth-order valence-corrected chi connectivity index (χ4v) is 15.7. The van der Waals surface area contributed by atoms with E-state index in [2.05, 4.69) is 210 Å². The minimum atomic E-state index is -0.664. The Balaban J connectivity index is 0.000000953. The van der Waals surface area contributed by atoms with Gasteiger partial charge >= 0.3 is 80.9 Å². The van der Waals surface area contributed by atoms with Gasteiger partial charge in [-0.05, 0) is 155 Å². The number of Topliss-reactive ketones (excluding diaryl/α,β-unsaturated/α-hetero) is 1. The normalized spacial score (nSPS) is 12.8. The summed E-state index contributed by atoms with van der Waals surface area (Å²) in [5.74, 6) is 0.370. The number of aromatic nitrogens is 3. The van der Waals surface area contributed by atoms with Crippen LogP contribution in [0, 0.1) is 17.8 Å². The fourth-order valence-electron chi connectivity index (χ4n) is 13.8. The smallest absolute Gasteiger partial charge is 0.407 e. The summed E-state index contributed by atoms with van der Waals surface area (Å²) in [6.45, 7) is 22.1. The Bertz CT molecular complexity index is 5150. The molecule has 0 bridgehead atoms. The molecule has 11 rings (SSSR count). The first-order valence-electron chi connectivity index (χ1n) is 45.5. The number of benzene rings is 8. The Kier molecular flexibility index (Phi) is 70.3. The van der Waals surface area contributed by atoms with E-state index in [1.807, 2.05) is 279 Å². The molecule has 0 radical (unpaired) electrons. The number of urea groups is 1. The average molecular weight is 2670 g/mol. The summed E-state index contributed by atoms with van der Waals surface area (Å²) < 4.78 is 21.6. The van der Waals surface area contributed by atoms with E-state index < -0.39 is 35.5 Å². The number of carbonyl (C=O) groups excluding carboxylic acids is 6. The minimum absolute atomic E-state index is 0. The maximum atomic E-state index is 13.9. The molecule has 0 aliphatic heterocycles. The van der Waals surface area contributed by atoms with Gasteiger partial charge in [-0.25, -0.2) is 29.0 Å². The summed E-state index contributed by atoms with van der Waals surface area (Å²) in [7, 11) is 1.72. The molecule has 3 aromatic heterocycles. The van der Waals surface area contributed by atoms with E-state index >= 15 is 0 Å². The molecule has 774 valence electrons. The van der Waals surface area contributed by atoms with Gasteiger partial charge in [-0.15, -0.1) is 58.0 Å². The van der Waals surface area contributed by atoms with Crippen molar-refractivity contribution in [3.63, 3.8) is 0 Å². The number of ketones is 1. The molecular formula is C112H150I6N11O10S3-. The van der Waals surface area contributed by atoms with E-state index in [1.165, 1.54) is 44.9 Å². The van der Waals surface area contributed by atoms with Gasteiger partial charge in [0.25, 0.3) is 0 Å². The molecule has 11 aromatic rings. The molecule has 0 saturated carbocycles. The third-order valence-corrected chi connectivity index (χ3v) is 23.0. The van der Waals surface area contributed by atoms with Gasteiger partial charge in [-0.2, -0.15) is 0 Å². The first-order valence-corrected chi connectivity index (χ1v) is 67.0. The van der Waals surface area contributed by atoms with Crippen molar-refractivity contribution in [3.05, 3.63) is 385 Å². The number of carbonyl (C=O) groups is 6. The summed E-state index contributed by atoms with van der Waals surface area (Å²) in [6, 6.07) is 78.7. The molecule has 0 unspecified atom stereocenters. The molecule has 9 atom stereocenters. The molecule has 0 aliphatic carbocycles. The van der Waals surface area contributed by atoms with Gasteiger partial charge in [-0.1, -0.05) is 356 Å². The average Bonchev–Trinajstić information content (AvgIpc) is 1.74. The molecule has 0 fully saturated rings. The van der Waals surface area contributed by atoms with Gasteiger partial charge in [-0.3, -0.25) is 14.8 Å². The van der Waals surface area contributed by atoms with E-state index in [0.717, 1.165) is 68.4 Å². The molecule has 0 spiro atoms. The Labute approximate surface area is 929 Å². The minimum Gasteiger partial charge on any atom is -0.444 e. The third-order valence-electron chi connectivity index (χ3n) is 20.3. The zero-order chi connectivity index (χ0) is 99.6. The molecule has 6 amide bonds. The van der Waals surface area contributed by atoms with Crippen LogP contribution in [0.25, 0.3) is 0 Å². The van der Waals surface area contributed by atoms with E-state index in [1.54, 1.807) is 46.7 Å². The molecule has 3 heterocycles. The maximum Gasteiger partial charge on any atom is 0.407 e. The quantitative estimate of drug-likeness (QED) is 0.0107. The van der Waals surface area contributed by atoms with Gasteiger partial charge in [0.05, 0.1) is 68.2 Å². The van der Waals surface area contributed by atoms with Crippen molar-refractivity contribution in [2.75, 3.05) is 7.05 Å². The van der Waals surface area contributed by atoms with Crippen LogP contribution in [-0.2, 0) is 94.9 Å². The second kappa shape index (κ2) is 75.6. The number of nitrogens with two attached hydrogens (primary N) is 2. The molecular weight excluding hydrogens is 2520 g/mol. The molecule has 0 saturated heterocycles. The second-order valence-corrected chi connectivity index (χ2v) is 54.4. The van der Waals surface area contributed by atoms with Crippen molar-refractivity contribution >= 4 is 169 Å². The van der Waals surface area contributed by atoms with Crippen molar-refractivity contribution in [3.8, 4) is 0 Å². The Morgan fingerprint density at radius 2 is 0.711 bits per heavy atom. The number of nitrogens with one attached hydrogen (secondary N) is 5. The van der Waals surface area contributed by atoms with E-state index in [-0.39, 0.29) is 139 Å². The molecule has 21 nitrogen and oxygen atoms in total. The van der Waals surface area contributed by atoms with Crippen molar-refractivity contribution in [1.82, 2.24) is 46.4 Å². The Morgan fingerprint density at radius 1 is 0.415 bits per heavy atom. The van der Waals surface area contributed by atoms with Gasteiger partial charge in [0.2, 0.25) is 0 Å². The number of hydrogen-bond acceptors (Lipinski definition) is 18. The Morgan fingerprint density at radius 3 is 1.01 bits per heavy atom. The third kappa shape index (κ3) is 59.5.